The number of hydrogen-bond acceptors (Lipinski definition) is 3. The highest BCUT2D eigenvalue weighted by atomic mass is 32.1. The van der Waals surface area contributed by atoms with Gasteiger partial charge < -0.3 is 9.13 Å². The van der Waals surface area contributed by atoms with E-state index < -0.39 is 0 Å². The molecular formula is C54H35N3S2. The Bertz CT molecular complexity index is 3760. The summed E-state index contributed by atoms with van der Waals surface area (Å²) in [6.07, 6.45) is 6.88. The lowest BCUT2D eigenvalue weighted by Crippen LogP contribution is -2.12. The van der Waals surface area contributed by atoms with Crippen LogP contribution in [0.2, 0.25) is 0 Å². The summed E-state index contributed by atoms with van der Waals surface area (Å²) in [4.78, 5) is 7.57. The Labute approximate surface area is 348 Å². The molecule has 1 aliphatic rings. The zero-order chi connectivity index (χ0) is 38.8. The lowest BCUT2D eigenvalue weighted by Gasteiger charge is -2.24. The number of benzene rings is 8. The van der Waals surface area contributed by atoms with Gasteiger partial charge in [0.05, 0.1) is 43.4 Å². The number of fused-ring (bicyclic) bond motifs is 16. The largest absolute Gasteiger partial charge is 0.326 e. The zero-order valence-corrected chi connectivity index (χ0v) is 33.7. The van der Waals surface area contributed by atoms with Crippen molar-refractivity contribution in [3.8, 4) is 5.69 Å². The Kier molecular flexibility index (Phi) is 7.09. The molecular weight excluding hydrogens is 755 g/mol. The van der Waals surface area contributed by atoms with Crippen molar-refractivity contribution in [3.05, 3.63) is 185 Å². The van der Waals surface area contributed by atoms with Gasteiger partial charge in [-0.15, -0.1) is 22.7 Å². The SMILES string of the molecule is C=Nc1c(C(c2ccc3c4ccccc4n(-c4ccccc4)c3c2)n2c3c4ccccc4ccc3c3c4ccccc4c4c5c(sc4c32)CCC=C5)sc2ccccc12. The third-order valence-electron chi connectivity index (χ3n) is 12.7. The molecule has 59 heavy (non-hydrogen) atoms. The van der Waals surface area contributed by atoms with Crippen LogP contribution < -0.4 is 0 Å². The monoisotopic (exact) mass is 789 g/mol. The summed E-state index contributed by atoms with van der Waals surface area (Å²) in [6, 6.07) is 58.1. The van der Waals surface area contributed by atoms with Crippen LogP contribution in [-0.4, -0.2) is 15.9 Å². The van der Waals surface area contributed by atoms with Crippen molar-refractivity contribution in [2.24, 2.45) is 4.99 Å². The number of aromatic nitrogens is 2. The fourth-order valence-corrected chi connectivity index (χ4v) is 12.9. The maximum absolute atomic E-state index is 4.90. The van der Waals surface area contributed by atoms with E-state index in [1.165, 1.54) is 101 Å². The van der Waals surface area contributed by atoms with E-state index in [0.717, 1.165) is 29.6 Å². The van der Waals surface area contributed by atoms with Gasteiger partial charge in [0.2, 0.25) is 0 Å². The predicted molar refractivity (Wildman–Crippen MR) is 256 cm³/mol. The molecule has 13 rings (SSSR count). The van der Waals surface area contributed by atoms with Crippen molar-refractivity contribution in [3.63, 3.8) is 0 Å². The first-order valence-electron chi connectivity index (χ1n) is 20.3. The molecule has 0 bridgehead atoms. The molecule has 1 aliphatic carbocycles. The van der Waals surface area contributed by atoms with Crippen LogP contribution in [0.3, 0.4) is 0 Å². The molecule has 0 saturated heterocycles. The molecule has 1 unspecified atom stereocenters. The van der Waals surface area contributed by atoms with Crippen LogP contribution in [0.25, 0.3) is 97.1 Å². The number of hydrogen-bond donors (Lipinski definition) is 0. The summed E-state index contributed by atoms with van der Waals surface area (Å²) in [5.74, 6) is 0. The number of aryl methyl sites for hydroxylation is 1. The first-order chi connectivity index (χ1) is 29.3. The number of aliphatic imine (C=N–C) groups is 1. The summed E-state index contributed by atoms with van der Waals surface area (Å²) in [7, 11) is 0. The van der Waals surface area contributed by atoms with Gasteiger partial charge in [0.15, 0.2) is 0 Å². The van der Waals surface area contributed by atoms with E-state index >= 15 is 0 Å². The second kappa shape index (κ2) is 12.6. The topological polar surface area (TPSA) is 22.2 Å². The van der Waals surface area contributed by atoms with Crippen LogP contribution in [0, 0.1) is 0 Å². The summed E-state index contributed by atoms with van der Waals surface area (Å²) in [5, 5.41) is 12.7. The van der Waals surface area contributed by atoms with Gasteiger partial charge in [-0.05, 0) is 77.2 Å². The van der Waals surface area contributed by atoms with Crippen molar-refractivity contribution in [1.29, 1.82) is 0 Å². The predicted octanol–water partition coefficient (Wildman–Crippen LogP) is 15.6. The van der Waals surface area contributed by atoms with Crippen molar-refractivity contribution < 1.29 is 0 Å². The molecule has 4 heterocycles. The highest BCUT2D eigenvalue weighted by molar-refractivity contribution is 7.21. The summed E-state index contributed by atoms with van der Waals surface area (Å²) >= 11 is 3.85. The molecule has 0 N–H and O–H groups in total. The first-order valence-corrected chi connectivity index (χ1v) is 21.9. The molecule has 4 aromatic heterocycles. The average molecular weight is 790 g/mol. The second-order valence-electron chi connectivity index (χ2n) is 15.7. The Morgan fingerprint density at radius 2 is 1.27 bits per heavy atom. The van der Waals surface area contributed by atoms with Crippen LogP contribution >= 0.6 is 22.7 Å². The molecule has 0 saturated carbocycles. The van der Waals surface area contributed by atoms with Gasteiger partial charge in [0.1, 0.15) is 0 Å². The number of thiophene rings is 2. The van der Waals surface area contributed by atoms with Crippen LogP contribution in [0.1, 0.15) is 33.3 Å². The van der Waals surface area contributed by atoms with Crippen molar-refractivity contribution in [1.82, 2.24) is 9.13 Å². The van der Waals surface area contributed by atoms with Crippen molar-refractivity contribution >= 4 is 126 Å². The first kappa shape index (κ1) is 33.2. The van der Waals surface area contributed by atoms with Crippen molar-refractivity contribution in [2.75, 3.05) is 0 Å². The average Bonchev–Trinajstić information content (AvgIpc) is 4.05. The van der Waals surface area contributed by atoms with Crippen LogP contribution in [0.4, 0.5) is 5.69 Å². The fraction of sp³-hybridized carbons (Fsp3) is 0.0556. The number of rotatable bonds is 5. The third-order valence-corrected chi connectivity index (χ3v) is 15.2. The van der Waals surface area contributed by atoms with E-state index in [9.17, 15) is 0 Å². The second-order valence-corrected chi connectivity index (χ2v) is 17.9. The minimum Gasteiger partial charge on any atom is -0.326 e. The molecule has 0 radical (unpaired) electrons. The normalized spacial score (nSPS) is 13.6. The lowest BCUT2D eigenvalue weighted by molar-refractivity contribution is 0.747. The lowest BCUT2D eigenvalue weighted by atomic mass is 9.95. The van der Waals surface area contributed by atoms with E-state index in [2.05, 4.69) is 186 Å². The van der Waals surface area contributed by atoms with Gasteiger partial charge in [0.25, 0.3) is 0 Å². The van der Waals surface area contributed by atoms with Crippen LogP contribution in [0.5, 0.6) is 0 Å². The fourth-order valence-electron chi connectivity index (χ4n) is 10.3. The maximum Gasteiger partial charge on any atom is 0.0960 e. The molecule has 0 fully saturated rings. The summed E-state index contributed by atoms with van der Waals surface area (Å²) in [5.41, 5.74) is 9.63. The molecule has 12 aromatic rings. The molecule has 0 spiro atoms. The molecule has 1 atom stereocenters. The van der Waals surface area contributed by atoms with Gasteiger partial charge in [-0.25, -0.2) is 0 Å². The number of nitrogens with zero attached hydrogens (tertiary/aromatic N) is 3. The summed E-state index contributed by atoms with van der Waals surface area (Å²) < 4.78 is 7.74. The Morgan fingerprint density at radius 3 is 2.12 bits per heavy atom. The molecule has 278 valence electrons. The standard InChI is InChI=1S/C54H35N3S2/c1-55-49-41-23-11-14-26-46(41)59-54(49)50(33-28-29-37-36-19-9-12-24-43(36)56(44(37)31-33)34-16-3-2-4-17-34)57-51-35-18-6-5-15-32(35)27-30-42(51)47-38-20-7-8-21-39(38)48-40-22-10-13-25-45(40)58-53(48)52(47)57/h2-12,14-24,26-31,50H,1,13,25H2. The Balaban J connectivity index is 1.27. The van der Waals surface area contributed by atoms with E-state index in [1.54, 1.807) is 0 Å². The Morgan fingerprint density at radius 1 is 0.576 bits per heavy atom. The summed E-state index contributed by atoms with van der Waals surface area (Å²) in [6.45, 7) is 4.25. The van der Waals surface area contributed by atoms with Crippen LogP contribution in [0.15, 0.2) is 169 Å². The van der Waals surface area contributed by atoms with Gasteiger partial charge in [0, 0.05) is 53.0 Å². The minimum atomic E-state index is -0.232. The highest BCUT2D eigenvalue weighted by Crippen LogP contribution is 2.53. The van der Waals surface area contributed by atoms with Gasteiger partial charge in [-0.2, -0.15) is 0 Å². The quantitative estimate of drug-likeness (QED) is 0.155. The smallest absolute Gasteiger partial charge is 0.0960 e. The number of allylic oxidation sites excluding steroid dienone is 1. The van der Waals surface area contributed by atoms with Gasteiger partial charge in [-0.3, -0.25) is 4.99 Å². The van der Waals surface area contributed by atoms with E-state index in [0.29, 0.717) is 0 Å². The molecule has 3 nitrogen and oxygen atoms in total. The van der Waals surface area contributed by atoms with Gasteiger partial charge in [-0.1, -0.05) is 140 Å². The van der Waals surface area contributed by atoms with Gasteiger partial charge >= 0.3 is 0 Å². The highest BCUT2D eigenvalue weighted by Gasteiger charge is 2.32. The van der Waals surface area contributed by atoms with E-state index in [1.807, 2.05) is 22.7 Å². The van der Waals surface area contributed by atoms with Crippen LogP contribution in [-0.2, 0) is 6.42 Å². The van der Waals surface area contributed by atoms with E-state index in [4.69, 9.17) is 4.99 Å². The molecule has 8 aromatic carbocycles. The number of para-hydroxylation sites is 2. The van der Waals surface area contributed by atoms with Crippen molar-refractivity contribution in [2.45, 2.75) is 18.9 Å². The van der Waals surface area contributed by atoms with E-state index in [-0.39, 0.29) is 6.04 Å². The maximum atomic E-state index is 4.90. The third kappa shape index (κ3) is 4.60. The zero-order valence-electron chi connectivity index (χ0n) is 32.0. The minimum absolute atomic E-state index is 0.232. The molecule has 5 heteroatoms. The Hall–Kier alpha value is -6.79. The molecule has 0 aliphatic heterocycles. The molecule has 0 amide bonds.